The van der Waals surface area contributed by atoms with Crippen LogP contribution in [0.2, 0.25) is 0 Å². The first-order chi connectivity index (χ1) is 17.3. The molecule has 18 nitrogen and oxygen atoms in total. The van der Waals surface area contributed by atoms with E-state index < -0.39 is 0 Å². The van der Waals surface area contributed by atoms with Crippen molar-refractivity contribution in [3.8, 4) is 0 Å². The SMILES string of the molecule is CC.CC.Cc1nnn(C)n1.Cc1nnnn1C.Cn1ccnn1.Cn1ccnn1.Cn1cnnn1. The minimum Gasteiger partial charge on any atom is -0.256 e. The van der Waals surface area contributed by atoms with Crippen LogP contribution in [0.1, 0.15) is 39.3 Å². The predicted octanol–water partition coefficient (Wildman–Crippen LogP) is -0.0703. The average molecular weight is 507 g/mol. The standard InChI is InChI=1S/2C3H6N4.2C3H5N3.C2H4N4.2C2H6/c1-3-4-5-6-7(3)2;1-3-4-6-7(2)5-3;2*1-6-3-2-4-5-6;1-6-2-3-4-5-6;2*1-2/h2*1-2H3;2*2-3H,1H3;2H,1H3;2*1-2H3. The molecule has 0 fully saturated rings. The fourth-order valence-corrected chi connectivity index (χ4v) is 1.39. The molecule has 0 aliphatic carbocycles. The summed E-state index contributed by atoms with van der Waals surface area (Å²) in [7, 11) is 8.95. The predicted molar refractivity (Wildman–Crippen MR) is 131 cm³/mol. The largest absolute Gasteiger partial charge is 0.256 e. The van der Waals surface area contributed by atoms with E-state index in [-0.39, 0.29) is 0 Å². The summed E-state index contributed by atoms with van der Waals surface area (Å²) < 4.78 is 6.42. The Morgan fingerprint density at radius 2 is 1.14 bits per heavy atom. The van der Waals surface area contributed by atoms with Crippen molar-refractivity contribution in [1.82, 2.24) is 90.6 Å². The number of hydrogen-bond acceptors (Lipinski definition) is 13. The summed E-state index contributed by atoms with van der Waals surface area (Å²) in [4.78, 5) is 1.43. The number of hydrogen-bond donors (Lipinski definition) is 0. The Morgan fingerprint density at radius 3 is 1.25 bits per heavy atom. The van der Waals surface area contributed by atoms with Gasteiger partial charge in [0.25, 0.3) is 0 Å². The quantitative estimate of drug-likeness (QED) is 0.271. The molecule has 0 saturated carbocycles. The van der Waals surface area contributed by atoms with Crippen molar-refractivity contribution < 1.29 is 0 Å². The van der Waals surface area contributed by atoms with E-state index in [1.54, 1.807) is 66.9 Å². The summed E-state index contributed by atoms with van der Waals surface area (Å²) in [5, 5.41) is 46.0. The highest BCUT2D eigenvalue weighted by molar-refractivity contribution is 4.69. The molecule has 0 amide bonds. The van der Waals surface area contributed by atoms with E-state index in [2.05, 4.69) is 67.1 Å². The zero-order chi connectivity index (χ0) is 27.8. The lowest BCUT2D eigenvalue weighted by atomic mass is 10.7. The molecule has 5 aromatic heterocycles. The maximum absolute atomic E-state index is 3.81. The van der Waals surface area contributed by atoms with Gasteiger partial charge in [0.2, 0.25) is 0 Å². The summed E-state index contributed by atoms with van der Waals surface area (Å²) in [5.74, 6) is 1.54. The topological polar surface area (TPSA) is 192 Å². The van der Waals surface area contributed by atoms with Gasteiger partial charge in [0.05, 0.1) is 19.4 Å². The third-order valence-corrected chi connectivity index (χ3v) is 2.98. The van der Waals surface area contributed by atoms with E-state index in [1.165, 1.54) is 15.8 Å². The fourth-order valence-electron chi connectivity index (χ4n) is 1.39. The molecule has 5 aromatic rings. The van der Waals surface area contributed by atoms with Gasteiger partial charge >= 0.3 is 0 Å². The van der Waals surface area contributed by atoms with Crippen molar-refractivity contribution in [2.45, 2.75) is 41.5 Å². The van der Waals surface area contributed by atoms with Crippen LogP contribution >= 0.6 is 0 Å². The van der Waals surface area contributed by atoms with Gasteiger partial charge in [-0.25, -0.2) is 9.36 Å². The highest BCUT2D eigenvalue weighted by Crippen LogP contribution is 1.78. The van der Waals surface area contributed by atoms with Crippen molar-refractivity contribution in [3.63, 3.8) is 0 Å². The number of nitrogens with zero attached hydrogens (tertiary/aromatic N) is 18. The zero-order valence-electron chi connectivity index (χ0n) is 22.9. The lowest BCUT2D eigenvalue weighted by molar-refractivity contribution is 0.629. The molecule has 0 bridgehead atoms. The fraction of sp³-hybridized carbons (Fsp3) is 0.611. The Kier molecular flexibility index (Phi) is 20.8. The van der Waals surface area contributed by atoms with Crippen LogP contribution in [0.5, 0.6) is 0 Å². The summed E-state index contributed by atoms with van der Waals surface area (Å²) in [6, 6.07) is 0. The van der Waals surface area contributed by atoms with Crippen LogP contribution in [0.3, 0.4) is 0 Å². The van der Waals surface area contributed by atoms with Gasteiger partial charge < -0.3 is 0 Å². The van der Waals surface area contributed by atoms with Gasteiger partial charge in [-0.1, -0.05) is 38.1 Å². The van der Waals surface area contributed by atoms with Gasteiger partial charge in [-0.3, -0.25) is 9.36 Å². The molecule has 200 valence electrons. The zero-order valence-corrected chi connectivity index (χ0v) is 22.9. The van der Waals surface area contributed by atoms with Crippen molar-refractivity contribution in [2.24, 2.45) is 35.2 Å². The monoisotopic (exact) mass is 506 g/mol. The molecule has 0 atom stereocenters. The summed E-state index contributed by atoms with van der Waals surface area (Å²) >= 11 is 0. The molecule has 0 unspecified atom stereocenters. The second kappa shape index (κ2) is 22.3. The number of aryl methyl sites for hydroxylation is 7. The molecule has 18 heteroatoms. The molecule has 0 aliphatic heterocycles. The Labute approximate surface area is 210 Å². The number of aromatic nitrogens is 18. The van der Waals surface area contributed by atoms with Crippen LogP contribution in [-0.4, -0.2) is 90.6 Å². The molecule has 5 rings (SSSR count). The highest BCUT2D eigenvalue weighted by atomic mass is 15.6. The van der Waals surface area contributed by atoms with Crippen molar-refractivity contribution >= 4 is 0 Å². The lowest BCUT2D eigenvalue weighted by Crippen LogP contribution is -1.92. The maximum atomic E-state index is 3.81. The minimum absolute atomic E-state index is 0.711. The van der Waals surface area contributed by atoms with E-state index in [1.807, 2.05) is 48.7 Å². The van der Waals surface area contributed by atoms with Crippen LogP contribution in [0.15, 0.2) is 31.1 Å². The third kappa shape index (κ3) is 19.0. The van der Waals surface area contributed by atoms with E-state index in [0.717, 1.165) is 5.82 Å². The molecule has 5 heterocycles. The van der Waals surface area contributed by atoms with Gasteiger partial charge in [-0.2, -0.15) is 4.80 Å². The Balaban J connectivity index is 0. The van der Waals surface area contributed by atoms with Gasteiger partial charge in [-0.05, 0) is 39.9 Å². The Bertz CT molecular complexity index is 936. The van der Waals surface area contributed by atoms with Gasteiger partial charge in [0, 0.05) is 40.6 Å². The van der Waals surface area contributed by atoms with Crippen LogP contribution < -0.4 is 0 Å². The van der Waals surface area contributed by atoms with Crippen LogP contribution in [0, 0.1) is 13.8 Å². The Morgan fingerprint density at radius 1 is 0.583 bits per heavy atom. The van der Waals surface area contributed by atoms with Crippen molar-refractivity contribution in [2.75, 3.05) is 0 Å². The summed E-state index contributed by atoms with van der Waals surface area (Å²) in [6.07, 6.45) is 8.36. The second-order valence-electron chi connectivity index (χ2n) is 5.81. The molecule has 0 radical (unpaired) electrons. The molecular weight excluding hydrogens is 468 g/mol. The average Bonchev–Trinajstić information content (AvgIpc) is 3.72. The van der Waals surface area contributed by atoms with Crippen LogP contribution in [0.25, 0.3) is 0 Å². The molecule has 0 spiro atoms. The van der Waals surface area contributed by atoms with Crippen LogP contribution in [-0.2, 0) is 35.2 Å². The number of rotatable bonds is 0. The first kappa shape index (κ1) is 33.7. The molecule has 0 aliphatic rings. The molecule has 0 saturated heterocycles. The second-order valence-corrected chi connectivity index (χ2v) is 5.81. The smallest absolute Gasteiger partial charge is 0.171 e. The summed E-state index contributed by atoms with van der Waals surface area (Å²) in [6.45, 7) is 11.6. The van der Waals surface area contributed by atoms with E-state index in [0.29, 0.717) is 5.82 Å². The van der Waals surface area contributed by atoms with Crippen molar-refractivity contribution in [1.29, 1.82) is 0 Å². The first-order valence-electron chi connectivity index (χ1n) is 10.9. The summed E-state index contributed by atoms with van der Waals surface area (Å²) in [5.41, 5.74) is 0. The highest BCUT2D eigenvalue weighted by Gasteiger charge is 1.87. The molecule has 36 heavy (non-hydrogen) atoms. The maximum Gasteiger partial charge on any atom is 0.171 e. The van der Waals surface area contributed by atoms with E-state index in [9.17, 15) is 0 Å². The van der Waals surface area contributed by atoms with Gasteiger partial charge in [-0.15, -0.1) is 30.6 Å². The Hall–Kier alpha value is -4.51. The first-order valence-corrected chi connectivity index (χ1v) is 10.9. The molecule has 0 N–H and O–H groups in total. The normalized spacial score (nSPS) is 8.42. The minimum atomic E-state index is 0.711. The lowest BCUT2D eigenvalue weighted by Gasteiger charge is -1.81. The van der Waals surface area contributed by atoms with Crippen LogP contribution in [0.4, 0.5) is 0 Å². The molecule has 0 aromatic carbocycles. The van der Waals surface area contributed by atoms with Gasteiger partial charge in [0.1, 0.15) is 12.2 Å². The van der Waals surface area contributed by atoms with Gasteiger partial charge in [0.15, 0.2) is 5.82 Å². The van der Waals surface area contributed by atoms with Crippen molar-refractivity contribution in [3.05, 3.63) is 42.8 Å². The third-order valence-electron chi connectivity index (χ3n) is 2.98. The van der Waals surface area contributed by atoms with E-state index >= 15 is 0 Å². The number of tetrazole rings is 3. The molecular formula is C18H38N18. The van der Waals surface area contributed by atoms with E-state index in [4.69, 9.17) is 0 Å².